The zero-order valence-electron chi connectivity index (χ0n) is 7.35. The van der Waals surface area contributed by atoms with Gasteiger partial charge in [-0.15, -0.1) is 16.7 Å². The van der Waals surface area contributed by atoms with Crippen LogP contribution >= 0.6 is 11.6 Å². The van der Waals surface area contributed by atoms with Crippen LogP contribution in [0.1, 0.15) is 11.2 Å². The summed E-state index contributed by atoms with van der Waals surface area (Å²) in [7, 11) is 0. The maximum Gasteiger partial charge on any atom is 0.250 e. The Morgan fingerprint density at radius 1 is 1.43 bits per heavy atom. The fourth-order valence-electron chi connectivity index (χ4n) is 1.24. The predicted octanol–water partition coefficient (Wildman–Crippen LogP) is 1.70. The van der Waals surface area contributed by atoms with Crippen LogP contribution < -0.4 is 0 Å². The molecule has 0 saturated heterocycles. The van der Waals surface area contributed by atoms with Crippen LogP contribution in [0.3, 0.4) is 0 Å². The Bertz CT molecular complexity index is 466. The van der Waals surface area contributed by atoms with Gasteiger partial charge in [0.15, 0.2) is 0 Å². The smallest absolute Gasteiger partial charge is 0.250 e. The molecule has 0 spiro atoms. The number of aromatic nitrogens is 3. The Morgan fingerprint density at radius 3 is 3.00 bits per heavy atom. The molecule has 2 rings (SSSR count). The van der Waals surface area contributed by atoms with Crippen molar-refractivity contribution in [3.8, 4) is 0 Å². The number of halogens is 1. The first kappa shape index (κ1) is 9.15. The van der Waals surface area contributed by atoms with E-state index >= 15 is 0 Å². The number of rotatable bonds is 2. The average Bonchev–Trinajstić information content (AvgIpc) is 2.61. The number of nitrogens with zero attached hydrogens (tertiary/aromatic N) is 3. The topological polar surface area (TPSA) is 47.8 Å². The number of para-hydroxylation sites is 1. The summed E-state index contributed by atoms with van der Waals surface area (Å²) in [6.07, 6.45) is 0.273. The van der Waals surface area contributed by atoms with Crippen LogP contribution in [0.5, 0.6) is 0 Å². The van der Waals surface area contributed by atoms with Crippen LogP contribution in [0.25, 0.3) is 11.0 Å². The third-order valence-corrected chi connectivity index (χ3v) is 2.09. The van der Waals surface area contributed by atoms with Crippen molar-refractivity contribution in [2.24, 2.45) is 0 Å². The van der Waals surface area contributed by atoms with Crippen LogP contribution in [-0.2, 0) is 0 Å². The van der Waals surface area contributed by atoms with Crippen molar-refractivity contribution in [1.82, 2.24) is 15.0 Å². The summed E-state index contributed by atoms with van der Waals surface area (Å²) in [5.74, 6) is 0.168. The van der Waals surface area contributed by atoms with Gasteiger partial charge < -0.3 is 0 Å². The van der Waals surface area contributed by atoms with E-state index in [1.54, 1.807) is 0 Å². The highest BCUT2D eigenvalue weighted by atomic mass is 35.5. The minimum atomic E-state index is -0.131. The Kier molecular flexibility index (Phi) is 2.45. The highest BCUT2D eigenvalue weighted by molar-refractivity contribution is 6.19. The zero-order valence-corrected chi connectivity index (χ0v) is 8.11. The first-order chi connectivity index (χ1) is 6.83. The molecule has 0 saturated carbocycles. The largest absolute Gasteiger partial charge is 0.272 e. The number of fused-ring (bicyclic) bond motifs is 1. The molecular formula is C9H8ClN3O. The summed E-state index contributed by atoms with van der Waals surface area (Å²) in [5, 5.41) is 7.64. The van der Waals surface area contributed by atoms with E-state index < -0.39 is 0 Å². The molecule has 1 aromatic heterocycles. The highest BCUT2D eigenvalue weighted by Crippen LogP contribution is 2.10. The molecule has 5 heteroatoms. The molecule has 4 nitrogen and oxygen atoms in total. The minimum Gasteiger partial charge on any atom is -0.272 e. The predicted molar refractivity (Wildman–Crippen MR) is 53.5 cm³/mol. The van der Waals surface area contributed by atoms with E-state index in [-0.39, 0.29) is 12.3 Å². The van der Waals surface area contributed by atoms with E-state index in [0.29, 0.717) is 5.88 Å². The fourth-order valence-corrected chi connectivity index (χ4v) is 1.40. The lowest BCUT2D eigenvalue weighted by Crippen LogP contribution is -2.12. The third-order valence-electron chi connectivity index (χ3n) is 1.90. The van der Waals surface area contributed by atoms with Crippen LogP contribution in [0.4, 0.5) is 0 Å². The van der Waals surface area contributed by atoms with Crippen LogP contribution in [0.15, 0.2) is 24.3 Å². The summed E-state index contributed by atoms with van der Waals surface area (Å²) in [6, 6.07) is 7.32. The first-order valence-electron chi connectivity index (χ1n) is 4.22. The molecule has 2 aromatic rings. The van der Waals surface area contributed by atoms with Gasteiger partial charge in [0, 0.05) is 12.3 Å². The second-order valence-electron chi connectivity index (χ2n) is 2.82. The van der Waals surface area contributed by atoms with Crippen LogP contribution in [0, 0.1) is 0 Å². The van der Waals surface area contributed by atoms with Crippen molar-refractivity contribution < 1.29 is 4.79 Å². The molecule has 0 unspecified atom stereocenters. The van der Waals surface area contributed by atoms with Crippen molar-refractivity contribution in [3.05, 3.63) is 24.3 Å². The lowest BCUT2D eigenvalue weighted by molar-refractivity contribution is 0.0897. The summed E-state index contributed by atoms with van der Waals surface area (Å²) in [6.45, 7) is 0. The third kappa shape index (κ3) is 1.48. The number of carbonyl (C=O) groups is 1. The van der Waals surface area contributed by atoms with Crippen molar-refractivity contribution in [1.29, 1.82) is 0 Å². The molecule has 0 aliphatic heterocycles. The van der Waals surface area contributed by atoms with E-state index in [1.165, 1.54) is 4.68 Å². The number of carbonyl (C=O) groups excluding carboxylic acids is 1. The molecule has 0 bridgehead atoms. The lowest BCUT2D eigenvalue weighted by atomic mass is 10.3. The molecule has 0 atom stereocenters. The van der Waals surface area contributed by atoms with E-state index in [9.17, 15) is 4.79 Å². The van der Waals surface area contributed by atoms with Gasteiger partial charge in [0.2, 0.25) is 5.91 Å². The molecule has 0 radical (unpaired) electrons. The Hall–Kier alpha value is -1.42. The fraction of sp³-hybridized carbons (Fsp3) is 0.222. The van der Waals surface area contributed by atoms with E-state index in [2.05, 4.69) is 10.3 Å². The van der Waals surface area contributed by atoms with Gasteiger partial charge >= 0.3 is 0 Å². The quantitative estimate of drug-likeness (QED) is 0.708. The average molecular weight is 210 g/mol. The molecular weight excluding hydrogens is 202 g/mol. The standard InChI is InChI=1S/C9H8ClN3O/c10-6-5-9(14)13-8-4-2-1-3-7(8)11-12-13/h1-4H,5-6H2. The summed E-state index contributed by atoms with van der Waals surface area (Å²) < 4.78 is 1.29. The summed E-state index contributed by atoms with van der Waals surface area (Å²) in [5.41, 5.74) is 1.44. The molecule has 0 fully saturated rings. The molecule has 0 N–H and O–H groups in total. The number of hydrogen-bond donors (Lipinski definition) is 0. The molecule has 72 valence electrons. The molecule has 0 amide bonds. The Labute approximate surface area is 85.5 Å². The van der Waals surface area contributed by atoms with Crippen molar-refractivity contribution in [3.63, 3.8) is 0 Å². The number of hydrogen-bond acceptors (Lipinski definition) is 3. The zero-order chi connectivity index (χ0) is 9.97. The van der Waals surface area contributed by atoms with Crippen LogP contribution in [0.2, 0.25) is 0 Å². The van der Waals surface area contributed by atoms with E-state index in [1.807, 2.05) is 24.3 Å². The van der Waals surface area contributed by atoms with Crippen molar-refractivity contribution in [2.45, 2.75) is 6.42 Å². The molecule has 0 aliphatic carbocycles. The number of benzene rings is 1. The minimum absolute atomic E-state index is 0.131. The highest BCUT2D eigenvalue weighted by Gasteiger charge is 2.09. The van der Waals surface area contributed by atoms with Gasteiger partial charge in [0.05, 0.1) is 5.52 Å². The SMILES string of the molecule is O=C(CCCl)n1nnc2ccccc21. The summed E-state index contributed by atoms with van der Waals surface area (Å²) >= 11 is 5.48. The monoisotopic (exact) mass is 209 g/mol. The van der Waals surface area contributed by atoms with E-state index in [0.717, 1.165) is 11.0 Å². The molecule has 1 aromatic carbocycles. The van der Waals surface area contributed by atoms with Gasteiger partial charge in [0.25, 0.3) is 0 Å². The maximum atomic E-state index is 11.5. The lowest BCUT2D eigenvalue weighted by Gasteiger charge is -1.97. The summed E-state index contributed by atoms with van der Waals surface area (Å²) in [4.78, 5) is 11.5. The Balaban J connectivity index is 2.47. The van der Waals surface area contributed by atoms with Gasteiger partial charge in [-0.3, -0.25) is 4.79 Å². The van der Waals surface area contributed by atoms with Gasteiger partial charge in [-0.25, -0.2) is 0 Å². The molecule has 14 heavy (non-hydrogen) atoms. The van der Waals surface area contributed by atoms with Crippen LogP contribution in [-0.4, -0.2) is 26.8 Å². The van der Waals surface area contributed by atoms with Crippen molar-refractivity contribution in [2.75, 3.05) is 5.88 Å². The molecule has 0 aliphatic rings. The van der Waals surface area contributed by atoms with Gasteiger partial charge in [0.1, 0.15) is 5.52 Å². The van der Waals surface area contributed by atoms with Crippen molar-refractivity contribution >= 4 is 28.5 Å². The second-order valence-corrected chi connectivity index (χ2v) is 3.20. The van der Waals surface area contributed by atoms with Gasteiger partial charge in [-0.1, -0.05) is 17.3 Å². The molecule has 1 heterocycles. The van der Waals surface area contributed by atoms with Gasteiger partial charge in [-0.2, -0.15) is 4.68 Å². The first-order valence-corrected chi connectivity index (χ1v) is 4.76. The van der Waals surface area contributed by atoms with E-state index in [4.69, 9.17) is 11.6 Å². The Morgan fingerprint density at radius 2 is 2.21 bits per heavy atom. The maximum absolute atomic E-state index is 11.5. The normalized spacial score (nSPS) is 10.6. The number of alkyl halides is 1. The van der Waals surface area contributed by atoms with Gasteiger partial charge in [-0.05, 0) is 12.1 Å². The second kappa shape index (κ2) is 3.75.